The summed E-state index contributed by atoms with van der Waals surface area (Å²) >= 11 is 0. The third-order valence-corrected chi connectivity index (χ3v) is 6.18. The van der Waals surface area contributed by atoms with Crippen LogP contribution in [0, 0.1) is 39.7 Å². The molecule has 38 heavy (non-hydrogen) atoms. The number of nitrogens with zero attached hydrogens (tertiary/aromatic N) is 7. The van der Waals surface area contributed by atoms with Gasteiger partial charge in [0.2, 0.25) is 0 Å². The molecule has 0 saturated heterocycles. The van der Waals surface area contributed by atoms with Gasteiger partial charge in [-0.2, -0.15) is 15.6 Å². The van der Waals surface area contributed by atoms with E-state index >= 15 is 0 Å². The first kappa shape index (κ1) is 25.7. The molecule has 0 spiro atoms. The summed E-state index contributed by atoms with van der Waals surface area (Å²) in [7, 11) is 1.90. The van der Waals surface area contributed by atoms with Crippen molar-refractivity contribution in [3.8, 4) is 12.1 Å². The van der Waals surface area contributed by atoms with Gasteiger partial charge in [0.25, 0.3) is 17.5 Å². The number of nitriles is 2. The number of aryl methyl sites for hydroxylation is 1. The molecule has 0 aliphatic carbocycles. The third-order valence-electron chi connectivity index (χ3n) is 6.18. The molecule has 0 aromatic heterocycles. The second-order valence-electron chi connectivity index (χ2n) is 8.62. The average Bonchev–Trinajstić information content (AvgIpc) is 3.16. The van der Waals surface area contributed by atoms with Gasteiger partial charge in [-0.05, 0) is 49.2 Å². The van der Waals surface area contributed by atoms with Gasteiger partial charge in [-0.1, -0.05) is 12.1 Å². The number of carbonyl (C=O) groups is 2. The highest BCUT2D eigenvalue weighted by Crippen LogP contribution is 2.32. The average molecular weight is 508 g/mol. The minimum absolute atomic E-state index is 0.0330. The number of hydrogen-bond donors (Lipinski definition) is 0. The Morgan fingerprint density at radius 1 is 0.974 bits per heavy atom. The molecule has 1 heterocycles. The zero-order valence-corrected chi connectivity index (χ0v) is 20.6. The monoisotopic (exact) mass is 507 g/mol. The largest absolute Gasteiger partial charge is 0.375 e. The topological polar surface area (TPSA) is 156 Å². The number of nitro groups is 1. The quantitative estimate of drug-likeness (QED) is 0.176. The van der Waals surface area contributed by atoms with Gasteiger partial charge >= 0.3 is 0 Å². The number of carbonyl (C=O) groups excluding carboxylic acids is 2. The number of hydrogen-bond acceptors (Lipinski definition) is 9. The van der Waals surface area contributed by atoms with E-state index in [9.17, 15) is 30.2 Å². The van der Waals surface area contributed by atoms with Gasteiger partial charge in [0.05, 0.1) is 32.9 Å². The van der Waals surface area contributed by atoms with E-state index in [0.717, 1.165) is 23.4 Å². The number of fused-ring (bicyclic) bond motifs is 1. The number of anilines is 1. The number of rotatable bonds is 8. The molecule has 0 bridgehead atoms. The maximum atomic E-state index is 12.5. The van der Waals surface area contributed by atoms with Crippen LogP contribution in [-0.4, -0.2) is 41.8 Å². The molecule has 1 aliphatic heterocycles. The molecule has 1 aliphatic rings. The summed E-state index contributed by atoms with van der Waals surface area (Å²) in [4.78, 5) is 38.7. The Bertz CT molecular complexity index is 1510. The fourth-order valence-corrected chi connectivity index (χ4v) is 4.13. The van der Waals surface area contributed by atoms with Crippen molar-refractivity contribution < 1.29 is 14.5 Å². The van der Waals surface area contributed by atoms with Crippen LogP contribution in [0.4, 0.5) is 22.7 Å². The van der Waals surface area contributed by atoms with Gasteiger partial charge in [-0.15, -0.1) is 5.11 Å². The predicted octanol–water partition coefficient (Wildman–Crippen LogP) is 5.18. The molecule has 0 unspecified atom stereocenters. The van der Waals surface area contributed by atoms with Crippen molar-refractivity contribution in [2.75, 3.05) is 25.0 Å². The van der Waals surface area contributed by atoms with Crippen LogP contribution in [0.5, 0.6) is 0 Å². The highest BCUT2D eigenvalue weighted by molar-refractivity contribution is 6.21. The molecule has 4 rings (SSSR count). The fraction of sp³-hybridized carbons (Fsp3) is 0.185. The van der Waals surface area contributed by atoms with Crippen LogP contribution < -0.4 is 4.90 Å². The van der Waals surface area contributed by atoms with Crippen molar-refractivity contribution in [2.45, 2.75) is 13.3 Å². The van der Waals surface area contributed by atoms with Crippen molar-refractivity contribution in [1.29, 1.82) is 10.5 Å². The number of non-ortho nitro benzene ring substituents is 1. The molecule has 11 heteroatoms. The Balaban J connectivity index is 1.43. The molecule has 2 amide bonds. The molecule has 0 radical (unpaired) electrons. The number of amides is 2. The molecule has 188 valence electrons. The van der Waals surface area contributed by atoms with E-state index in [2.05, 4.69) is 10.2 Å². The van der Waals surface area contributed by atoms with Crippen LogP contribution in [0.15, 0.2) is 64.8 Å². The van der Waals surface area contributed by atoms with E-state index in [4.69, 9.17) is 0 Å². The molecular weight excluding hydrogens is 486 g/mol. The zero-order valence-electron chi connectivity index (χ0n) is 20.6. The van der Waals surface area contributed by atoms with E-state index in [1.54, 1.807) is 30.3 Å². The Labute approximate surface area is 218 Å². The highest BCUT2D eigenvalue weighted by atomic mass is 16.6. The zero-order chi connectivity index (χ0) is 27.4. The normalized spacial score (nSPS) is 12.4. The lowest BCUT2D eigenvalue weighted by molar-refractivity contribution is -0.384. The van der Waals surface area contributed by atoms with Crippen molar-refractivity contribution in [1.82, 2.24) is 4.90 Å². The Kier molecular flexibility index (Phi) is 7.21. The van der Waals surface area contributed by atoms with Gasteiger partial charge in [-0.25, -0.2) is 0 Å². The van der Waals surface area contributed by atoms with Crippen molar-refractivity contribution in [3.63, 3.8) is 0 Å². The highest BCUT2D eigenvalue weighted by Gasteiger charge is 2.34. The molecular formula is C27H21N7O4. The molecule has 11 nitrogen and oxygen atoms in total. The lowest BCUT2D eigenvalue weighted by Gasteiger charge is -2.21. The maximum absolute atomic E-state index is 12.5. The summed E-state index contributed by atoms with van der Waals surface area (Å²) in [6.07, 6.45) is 0.580. The molecule has 3 aromatic carbocycles. The van der Waals surface area contributed by atoms with E-state index in [1.807, 2.05) is 43.1 Å². The first-order chi connectivity index (χ1) is 18.2. The summed E-state index contributed by atoms with van der Waals surface area (Å²) < 4.78 is 0. The van der Waals surface area contributed by atoms with Crippen LogP contribution in [0.25, 0.3) is 0 Å². The van der Waals surface area contributed by atoms with Gasteiger partial charge in [0.15, 0.2) is 0 Å². The second-order valence-corrected chi connectivity index (χ2v) is 8.62. The Hall–Kier alpha value is -5.42. The lowest BCUT2D eigenvalue weighted by atomic mass is 10.1. The first-order valence-electron chi connectivity index (χ1n) is 11.6. The Morgan fingerprint density at radius 2 is 1.58 bits per heavy atom. The minimum atomic E-state index is -0.679. The van der Waals surface area contributed by atoms with Crippen LogP contribution >= 0.6 is 0 Å². The molecule has 3 aromatic rings. The SMILES string of the molecule is Cc1cc(N(C)CCCN2C(=O)c3ccccc3C2=O)ccc1/N=N/c1c(C#N)cc([N+](=O)[O-])cc1C#N. The molecule has 0 atom stereocenters. The van der Waals surface area contributed by atoms with Crippen molar-refractivity contribution >= 4 is 34.6 Å². The summed E-state index contributed by atoms with van der Waals surface area (Å²) in [6, 6.07) is 18.0. The summed E-state index contributed by atoms with van der Waals surface area (Å²) in [6.45, 7) is 2.73. The molecule has 0 saturated carbocycles. The van der Waals surface area contributed by atoms with Gasteiger partial charge in [-0.3, -0.25) is 24.6 Å². The van der Waals surface area contributed by atoms with Gasteiger partial charge < -0.3 is 4.90 Å². The molecule has 0 fully saturated rings. The predicted molar refractivity (Wildman–Crippen MR) is 138 cm³/mol. The van der Waals surface area contributed by atoms with E-state index in [1.165, 1.54) is 4.90 Å². The Morgan fingerprint density at radius 3 is 2.11 bits per heavy atom. The summed E-state index contributed by atoms with van der Waals surface area (Å²) in [5.74, 6) is -0.545. The summed E-state index contributed by atoms with van der Waals surface area (Å²) in [5.41, 5.74) is 2.38. The number of azo groups is 1. The second kappa shape index (κ2) is 10.7. The van der Waals surface area contributed by atoms with Crippen molar-refractivity contribution in [2.24, 2.45) is 10.2 Å². The maximum Gasteiger partial charge on any atom is 0.272 e. The minimum Gasteiger partial charge on any atom is -0.375 e. The lowest BCUT2D eigenvalue weighted by Crippen LogP contribution is -2.32. The summed E-state index contributed by atoms with van der Waals surface area (Å²) in [5, 5.41) is 38.0. The van der Waals surface area contributed by atoms with Crippen molar-refractivity contribution in [3.05, 3.63) is 92.5 Å². The smallest absolute Gasteiger partial charge is 0.272 e. The number of nitro benzene ring substituents is 1. The van der Waals surface area contributed by atoms with Gasteiger partial charge in [0, 0.05) is 38.0 Å². The van der Waals surface area contributed by atoms with Crippen LogP contribution in [0.2, 0.25) is 0 Å². The third kappa shape index (κ3) is 4.94. The van der Waals surface area contributed by atoms with Crippen LogP contribution in [0.1, 0.15) is 43.8 Å². The first-order valence-corrected chi connectivity index (χ1v) is 11.6. The number of benzene rings is 3. The van der Waals surface area contributed by atoms with E-state index < -0.39 is 4.92 Å². The standard InChI is InChI=1S/C27H21N7O4/c1-17-12-20(32(2)10-5-11-33-26(35)22-6-3-4-7-23(22)27(33)36)8-9-24(17)30-31-25-18(15-28)13-21(34(37)38)14-19(25)16-29/h3-4,6-9,12-14H,5,10-11H2,1-2H3/b31-30+. The fourth-order valence-electron chi connectivity index (χ4n) is 4.13. The van der Waals surface area contributed by atoms with Crippen LogP contribution in [0.3, 0.4) is 0 Å². The van der Waals surface area contributed by atoms with E-state index in [-0.39, 0.29) is 34.3 Å². The van der Waals surface area contributed by atoms with Crippen LogP contribution in [-0.2, 0) is 0 Å². The van der Waals surface area contributed by atoms with E-state index in [0.29, 0.717) is 36.3 Å². The molecule has 0 N–H and O–H groups in total. The van der Waals surface area contributed by atoms with Gasteiger partial charge in [0.1, 0.15) is 17.8 Å². The number of imide groups is 1.